The summed E-state index contributed by atoms with van der Waals surface area (Å²) in [5, 5.41) is 0. The minimum atomic E-state index is 0. The van der Waals surface area contributed by atoms with Crippen LogP contribution in [-0.4, -0.2) is 11.0 Å². The second-order valence-corrected chi connectivity index (χ2v) is 6.79. The Labute approximate surface area is 124 Å². The molecule has 0 saturated carbocycles. The van der Waals surface area contributed by atoms with Crippen LogP contribution in [0.15, 0.2) is 22.1 Å². The van der Waals surface area contributed by atoms with Crippen molar-refractivity contribution in [3.8, 4) is 0 Å². The third kappa shape index (κ3) is 4.37. The fourth-order valence-corrected chi connectivity index (χ4v) is 3.85. The molecule has 0 amide bonds. The zero-order valence-electron chi connectivity index (χ0n) is 13.4. The Morgan fingerprint density at radius 2 is 1.42 bits per heavy atom. The van der Waals surface area contributed by atoms with Crippen molar-refractivity contribution >= 4 is 12.6 Å². The molecule has 0 aliphatic heterocycles. The molecule has 114 valence electrons. The Morgan fingerprint density at radius 3 is 1.74 bits per heavy atom. The Balaban J connectivity index is 0. The second kappa shape index (κ2) is 8.13. The maximum Gasteiger partial charge on any atom is 0.00691 e. The monoisotopic (exact) mass is 288 g/mol. The zero-order chi connectivity index (χ0) is 13.3. The van der Waals surface area contributed by atoms with Gasteiger partial charge in [0.2, 0.25) is 0 Å². The minimum Gasteiger partial charge on any atom is -0.412 e. The summed E-state index contributed by atoms with van der Waals surface area (Å²) in [5.74, 6) is 3.17. The molecule has 0 radical (unpaired) electrons. The van der Waals surface area contributed by atoms with Crippen molar-refractivity contribution in [1.29, 1.82) is 0 Å². The molecule has 0 aromatic rings. The van der Waals surface area contributed by atoms with Crippen molar-refractivity contribution < 1.29 is 11.0 Å². The van der Waals surface area contributed by atoms with Crippen LogP contribution in [0.2, 0.25) is 0 Å². The SMILES string of the molecule is CC(C)C1=CC(C(C)C)C(C)C(C(C)C)=C1S.O.O. The Bertz CT molecular complexity index is 341. The van der Waals surface area contributed by atoms with Crippen LogP contribution in [-0.2, 0) is 0 Å². The molecule has 4 N–H and O–H groups in total. The molecule has 19 heavy (non-hydrogen) atoms. The van der Waals surface area contributed by atoms with E-state index < -0.39 is 0 Å². The summed E-state index contributed by atoms with van der Waals surface area (Å²) >= 11 is 4.81. The van der Waals surface area contributed by atoms with Crippen LogP contribution in [0.25, 0.3) is 0 Å². The largest absolute Gasteiger partial charge is 0.412 e. The minimum absolute atomic E-state index is 0. The van der Waals surface area contributed by atoms with E-state index in [0.29, 0.717) is 29.6 Å². The first-order chi connectivity index (χ1) is 7.77. The second-order valence-electron chi connectivity index (χ2n) is 6.35. The van der Waals surface area contributed by atoms with Crippen molar-refractivity contribution in [2.75, 3.05) is 0 Å². The molecule has 0 fully saturated rings. The standard InChI is InChI=1S/C16H28S.2H2O/c1-9(2)13-8-14(10(3)4)16(17)15(11(5)6)12(13)7;;/h8-13,17H,1-7H3;2*1H2. The molecule has 2 atom stereocenters. The first-order valence-electron chi connectivity index (χ1n) is 6.92. The molecule has 0 heterocycles. The smallest absolute Gasteiger partial charge is 0.00691 e. The van der Waals surface area contributed by atoms with Gasteiger partial charge in [-0.3, -0.25) is 0 Å². The molecule has 1 aliphatic carbocycles. The van der Waals surface area contributed by atoms with Crippen molar-refractivity contribution in [2.24, 2.45) is 29.6 Å². The highest BCUT2D eigenvalue weighted by Crippen LogP contribution is 2.43. The van der Waals surface area contributed by atoms with E-state index in [1.54, 1.807) is 5.57 Å². The molecule has 3 heteroatoms. The third-order valence-corrected chi connectivity index (χ3v) is 4.52. The van der Waals surface area contributed by atoms with Crippen LogP contribution >= 0.6 is 12.6 Å². The number of hydrogen-bond acceptors (Lipinski definition) is 1. The van der Waals surface area contributed by atoms with Gasteiger partial charge in [0.15, 0.2) is 0 Å². The van der Waals surface area contributed by atoms with E-state index in [0.717, 1.165) is 0 Å². The molecule has 1 aliphatic rings. The van der Waals surface area contributed by atoms with Crippen LogP contribution in [0.5, 0.6) is 0 Å². The van der Waals surface area contributed by atoms with Gasteiger partial charge in [-0.05, 0) is 35.2 Å². The summed E-state index contributed by atoms with van der Waals surface area (Å²) in [6.45, 7) is 16.2. The summed E-state index contributed by atoms with van der Waals surface area (Å²) in [6, 6.07) is 0. The van der Waals surface area contributed by atoms with Crippen molar-refractivity contribution in [3.05, 3.63) is 22.1 Å². The maximum atomic E-state index is 4.81. The molecule has 2 nitrogen and oxygen atoms in total. The predicted octanol–water partition coefficient (Wildman–Crippen LogP) is 3.68. The molecule has 2 unspecified atom stereocenters. The molecular weight excluding hydrogens is 256 g/mol. The third-order valence-electron chi connectivity index (χ3n) is 4.00. The van der Waals surface area contributed by atoms with Gasteiger partial charge in [-0.25, -0.2) is 0 Å². The summed E-state index contributed by atoms with van der Waals surface area (Å²) in [5.41, 5.74) is 3.01. The van der Waals surface area contributed by atoms with Crippen LogP contribution in [0.4, 0.5) is 0 Å². The molecule has 0 spiro atoms. The molecule has 0 saturated heterocycles. The number of allylic oxidation sites excluding steroid dienone is 3. The van der Waals surface area contributed by atoms with Crippen LogP contribution in [0.3, 0.4) is 0 Å². The van der Waals surface area contributed by atoms with Crippen molar-refractivity contribution in [1.82, 2.24) is 0 Å². The normalized spacial score (nSPS) is 23.4. The lowest BCUT2D eigenvalue weighted by molar-refractivity contribution is 0.344. The van der Waals surface area contributed by atoms with Crippen LogP contribution in [0.1, 0.15) is 48.5 Å². The average molecular weight is 288 g/mol. The molecule has 0 aromatic heterocycles. The van der Waals surface area contributed by atoms with Gasteiger partial charge in [0.1, 0.15) is 0 Å². The highest BCUT2D eigenvalue weighted by Gasteiger charge is 2.31. The van der Waals surface area contributed by atoms with Gasteiger partial charge < -0.3 is 11.0 Å². The number of hydrogen-bond donors (Lipinski definition) is 1. The highest BCUT2D eigenvalue weighted by molar-refractivity contribution is 7.84. The van der Waals surface area contributed by atoms with Gasteiger partial charge >= 0.3 is 0 Å². The summed E-state index contributed by atoms with van der Waals surface area (Å²) in [6.07, 6.45) is 2.48. The van der Waals surface area contributed by atoms with E-state index in [4.69, 9.17) is 12.6 Å². The van der Waals surface area contributed by atoms with E-state index in [1.807, 2.05) is 0 Å². The quantitative estimate of drug-likeness (QED) is 0.770. The number of thiol groups is 1. The van der Waals surface area contributed by atoms with E-state index in [1.165, 1.54) is 10.5 Å². The van der Waals surface area contributed by atoms with E-state index in [-0.39, 0.29) is 11.0 Å². The van der Waals surface area contributed by atoms with Gasteiger partial charge in [-0.15, -0.1) is 12.6 Å². The molecule has 1 rings (SSSR count). The lowest BCUT2D eigenvalue weighted by Crippen LogP contribution is -2.25. The van der Waals surface area contributed by atoms with Gasteiger partial charge in [0.25, 0.3) is 0 Å². The van der Waals surface area contributed by atoms with E-state index in [9.17, 15) is 0 Å². The van der Waals surface area contributed by atoms with Crippen LogP contribution < -0.4 is 0 Å². The Kier molecular flexibility index (Phi) is 9.01. The average Bonchev–Trinajstić information content (AvgIpc) is 2.15. The predicted molar refractivity (Wildman–Crippen MR) is 88.5 cm³/mol. The van der Waals surface area contributed by atoms with Crippen molar-refractivity contribution in [2.45, 2.75) is 48.5 Å². The lowest BCUT2D eigenvalue weighted by atomic mass is 9.71. The summed E-state index contributed by atoms with van der Waals surface area (Å²) in [7, 11) is 0. The summed E-state index contributed by atoms with van der Waals surface area (Å²) in [4.78, 5) is 1.26. The van der Waals surface area contributed by atoms with E-state index in [2.05, 4.69) is 54.5 Å². The van der Waals surface area contributed by atoms with Gasteiger partial charge in [-0.2, -0.15) is 0 Å². The van der Waals surface area contributed by atoms with Gasteiger partial charge in [0, 0.05) is 4.91 Å². The Hall–Kier alpha value is -0.250. The highest BCUT2D eigenvalue weighted by atomic mass is 32.1. The van der Waals surface area contributed by atoms with Crippen LogP contribution in [0, 0.1) is 29.6 Å². The molecular formula is C16H32O2S. The number of rotatable bonds is 3. The first kappa shape index (κ1) is 21.1. The van der Waals surface area contributed by atoms with Gasteiger partial charge in [0.05, 0.1) is 0 Å². The zero-order valence-corrected chi connectivity index (χ0v) is 14.3. The lowest BCUT2D eigenvalue weighted by Gasteiger charge is -2.36. The van der Waals surface area contributed by atoms with E-state index >= 15 is 0 Å². The Morgan fingerprint density at radius 1 is 0.947 bits per heavy atom. The van der Waals surface area contributed by atoms with Gasteiger partial charge in [-0.1, -0.05) is 60.1 Å². The first-order valence-corrected chi connectivity index (χ1v) is 7.37. The fraction of sp³-hybridized carbons (Fsp3) is 0.750. The summed E-state index contributed by atoms with van der Waals surface area (Å²) < 4.78 is 0. The topological polar surface area (TPSA) is 63.0 Å². The molecule has 0 bridgehead atoms. The molecule has 0 aromatic carbocycles. The maximum absolute atomic E-state index is 4.81. The van der Waals surface area contributed by atoms with Crippen molar-refractivity contribution in [3.63, 3.8) is 0 Å². The fourth-order valence-electron chi connectivity index (χ4n) is 3.06.